The number of aromatic nitrogens is 1. The lowest BCUT2D eigenvalue weighted by Gasteiger charge is -2.10. The zero-order chi connectivity index (χ0) is 16.8. The highest BCUT2D eigenvalue weighted by molar-refractivity contribution is 5.86. The minimum absolute atomic E-state index is 0. The zero-order valence-electron chi connectivity index (χ0n) is 13.9. The van der Waals surface area contributed by atoms with E-state index in [1.807, 2.05) is 43.6 Å². The van der Waals surface area contributed by atoms with Gasteiger partial charge in [-0.05, 0) is 25.5 Å². The van der Waals surface area contributed by atoms with E-state index in [2.05, 4.69) is 4.57 Å². The van der Waals surface area contributed by atoms with Crippen LogP contribution in [0.25, 0.3) is 11.0 Å². The molecule has 0 aliphatic carbocycles. The minimum atomic E-state index is -0.933. The summed E-state index contributed by atoms with van der Waals surface area (Å²) in [7, 11) is 0. The second kappa shape index (κ2) is 6.59. The Bertz CT molecular complexity index is 1000. The molecule has 0 N–H and O–H groups in total. The number of aryl methyl sites for hydroxylation is 2. The molecule has 3 aromatic rings. The fourth-order valence-electron chi connectivity index (χ4n) is 3.33. The molecular formula is C19H17BrFNO3. The lowest BCUT2D eigenvalue weighted by atomic mass is 10.0. The Kier molecular flexibility index (Phi) is 4.64. The normalized spacial score (nSPS) is 15.6. The molecule has 25 heavy (non-hydrogen) atoms. The molecular weight excluding hydrogens is 389 g/mol. The Morgan fingerprint density at radius 3 is 2.64 bits per heavy atom. The van der Waals surface area contributed by atoms with Gasteiger partial charge in [0.1, 0.15) is 11.3 Å². The summed E-state index contributed by atoms with van der Waals surface area (Å²) in [6.45, 7) is 4.18. The topological polar surface area (TPSA) is 43.3 Å². The molecule has 0 fully saturated rings. The van der Waals surface area contributed by atoms with E-state index >= 15 is 0 Å². The lowest BCUT2D eigenvalue weighted by molar-refractivity contribution is -0.702. The van der Waals surface area contributed by atoms with Gasteiger partial charge >= 0.3 is 5.63 Å². The third-order valence-corrected chi connectivity index (χ3v) is 4.57. The Morgan fingerprint density at radius 2 is 1.92 bits per heavy atom. The van der Waals surface area contributed by atoms with Crippen molar-refractivity contribution in [2.75, 3.05) is 0 Å². The molecule has 1 unspecified atom stereocenters. The number of benzene rings is 1. The van der Waals surface area contributed by atoms with Crippen LogP contribution in [0.5, 0.6) is 5.75 Å². The van der Waals surface area contributed by atoms with E-state index in [9.17, 15) is 9.18 Å². The molecule has 0 bridgehead atoms. The molecule has 1 aliphatic rings. The Balaban J connectivity index is 0.00000182. The highest BCUT2D eigenvalue weighted by Gasteiger charge is 2.30. The summed E-state index contributed by atoms with van der Waals surface area (Å²) in [5.74, 6) is -0.0738. The fraction of sp³-hybridized carbons (Fsp3) is 0.263. The van der Waals surface area contributed by atoms with Crippen molar-refractivity contribution >= 4 is 11.0 Å². The smallest absolute Gasteiger partial charge is 0.372 e. The molecule has 0 spiro atoms. The lowest BCUT2D eigenvalue weighted by Crippen LogP contribution is -3.00. The summed E-state index contributed by atoms with van der Waals surface area (Å²) in [6, 6.07) is 7.80. The van der Waals surface area contributed by atoms with Gasteiger partial charge in [-0.25, -0.2) is 9.36 Å². The average molecular weight is 406 g/mol. The molecule has 4 rings (SSSR count). The van der Waals surface area contributed by atoms with Gasteiger partial charge in [-0.2, -0.15) is 4.39 Å². The predicted octanol–water partition coefficient (Wildman–Crippen LogP) is -0.156. The van der Waals surface area contributed by atoms with Crippen molar-refractivity contribution in [3.8, 4) is 5.75 Å². The molecule has 1 atom stereocenters. The maximum absolute atomic E-state index is 13.9. The molecule has 0 amide bonds. The Morgan fingerprint density at radius 1 is 1.20 bits per heavy atom. The van der Waals surface area contributed by atoms with Crippen molar-refractivity contribution < 1.29 is 35.1 Å². The molecule has 130 valence electrons. The number of halogens is 2. The van der Waals surface area contributed by atoms with Crippen LogP contribution in [0, 0.1) is 19.7 Å². The van der Waals surface area contributed by atoms with Crippen molar-refractivity contribution in [2.45, 2.75) is 32.9 Å². The van der Waals surface area contributed by atoms with Crippen molar-refractivity contribution in [1.82, 2.24) is 0 Å². The SMILES string of the molecule is Cc1c(F)c(=O)oc2c(C)c3c(cc12)CC(C[n+]1ccccc1)O3.[Br-]. The molecule has 4 nitrogen and oxygen atoms in total. The van der Waals surface area contributed by atoms with Gasteiger partial charge < -0.3 is 26.1 Å². The van der Waals surface area contributed by atoms with E-state index in [0.717, 1.165) is 29.8 Å². The number of pyridine rings is 1. The third-order valence-electron chi connectivity index (χ3n) is 4.57. The zero-order valence-corrected chi connectivity index (χ0v) is 15.5. The van der Waals surface area contributed by atoms with Crippen LogP contribution in [-0.4, -0.2) is 6.10 Å². The first-order chi connectivity index (χ1) is 11.5. The van der Waals surface area contributed by atoms with E-state index in [1.54, 1.807) is 6.92 Å². The molecule has 6 heteroatoms. The highest BCUT2D eigenvalue weighted by Crippen LogP contribution is 2.38. The summed E-state index contributed by atoms with van der Waals surface area (Å²) in [6.07, 6.45) is 4.73. The van der Waals surface area contributed by atoms with E-state index in [4.69, 9.17) is 9.15 Å². The number of hydrogen-bond acceptors (Lipinski definition) is 3. The van der Waals surface area contributed by atoms with E-state index in [0.29, 0.717) is 16.5 Å². The van der Waals surface area contributed by atoms with E-state index in [1.165, 1.54) is 0 Å². The molecule has 2 aromatic heterocycles. The van der Waals surface area contributed by atoms with Crippen LogP contribution in [-0.2, 0) is 13.0 Å². The first-order valence-electron chi connectivity index (χ1n) is 7.90. The molecule has 3 heterocycles. The molecule has 0 saturated carbocycles. The number of rotatable bonds is 2. The van der Waals surface area contributed by atoms with Gasteiger partial charge in [-0.3, -0.25) is 0 Å². The first-order valence-corrected chi connectivity index (χ1v) is 7.90. The fourth-order valence-corrected chi connectivity index (χ4v) is 3.33. The van der Waals surface area contributed by atoms with Crippen molar-refractivity contribution in [1.29, 1.82) is 0 Å². The molecule has 1 aliphatic heterocycles. The number of ether oxygens (including phenoxy) is 1. The number of fused-ring (bicyclic) bond motifs is 2. The molecule has 1 aromatic carbocycles. The van der Waals surface area contributed by atoms with Crippen LogP contribution in [0.2, 0.25) is 0 Å². The predicted molar refractivity (Wildman–Crippen MR) is 86.7 cm³/mol. The summed E-state index contributed by atoms with van der Waals surface area (Å²) in [5.41, 5.74) is 1.58. The van der Waals surface area contributed by atoms with Crippen molar-refractivity contribution in [3.05, 3.63) is 69.6 Å². The van der Waals surface area contributed by atoms with Crippen LogP contribution in [0.4, 0.5) is 4.39 Å². The van der Waals surface area contributed by atoms with Crippen LogP contribution in [0.1, 0.15) is 16.7 Å². The van der Waals surface area contributed by atoms with Gasteiger partial charge in [0.15, 0.2) is 25.0 Å². The number of nitrogens with zero attached hydrogens (tertiary/aromatic N) is 1. The van der Waals surface area contributed by atoms with Crippen molar-refractivity contribution in [3.63, 3.8) is 0 Å². The minimum Gasteiger partial charge on any atom is -1.00 e. The molecule has 0 saturated heterocycles. The van der Waals surface area contributed by atoms with Gasteiger partial charge in [0.05, 0.1) is 0 Å². The summed E-state index contributed by atoms with van der Waals surface area (Å²) in [5, 5.41) is 0.639. The largest absolute Gasteiger partial charge is 1.00 e. The summed E-state index contributed by atoms with van der Waals surface area (Å²) >= 11 is 0. The van der Waals surface area contributed by atoms with Crippen LogP contribution < -0.4 is 31.9 Å². The van der Waals surface area contributed by atoms with Gasteiger partial charge in [0.2, 0.25) is 5.82 Å². The van der Waals surface area contributed by atoms with Crippen LogP contribution in [0.15, 0.2) is 45.9 Å². The maximum Gasteiger partial charge on any atom is 0.372 e. The average Bonchev–Trinajstić information content (AvgIpc) is 2.98. The van der Waals surface area contributed by atoms with Crippen molar-refractivity contribution in [2.24, 2.45) is 0 Å². The van der Waals surface area contributed by atoms with Crippen LogP contribution >= 0.6 is 0 Å². The molecule has 0 radical (unpaired) electrons. The maximum atomic E-state index is 13.9. The van der Waals surface area contributed by atoms with E-state index in [-0.39, 0.29) is 23.1 Å². The van der Waals surface area contributed by atoms with Gasteiger partial charge in [0.25, 0.3) is 0 Å². The Labute approximate surface area is 154 Å². The Hall–Kier alpha value is -2.21. The van der Waals surface area contributed by atoms with Gasteiger partial charge in [0, 0.05) is 35.1 Å². The summed E-state index contributed by atoms with van der Waals surface area (Å²) in [4.78, 5) is 11.6. The quantitative estimate of drug-likeness (QED) is 0.439. The van der Waals surface area contributed by atoms with Gasteiger partial charge in [-0.1, -0.05) is 6.07 Å². The second-order valence-corrected chi connectivity index (χ2v) is 6.21. The standard InChI is InChI=1S/C19H17FNO3.BrH/c1-11-15-9-13-8-14(10-21-6-4-3-5-7-21)23-17(13)12(2)18(15)24-19(22)16(11)20;/h3-7,9,14H,8,10H2,1-2H3;1H/q+1;/p-1. The second-order valence-electron chi connectivity index (χ2n) is 6.21. The van der Waals surface area contributed by atoms with Gasteiger partial charge in [-0.15, -0.1) is 0 Å². The number of hydrogen-bond donors (Lipinski definition) is 0. The first kappa shape index (κ1) is 17.6. The highest BCUT2D eigenvalue weighted by atomic mass is 79.9. The third kappa shape index (κ3) is 2.95. The van der Waals surface area contributed by atoms with E-state index < -0.39 is 11.4 Å². The summed E-state index contributed by atoms with van der Waals surface area (Å²) < 4.78 is 27.2. The monoisotopic (exact) mass is 405 g/mol. The van der Waals surface area contributed by atoms with Crippen LogP contribution in [0.3, 0.4) is 0 Å².